The minimum Gasteiger partial charge on any atom is -0.310 e. The Balaban J connectivity index is 1.91. The first-order valence-electron chi connectivity index (χ1n) is 7.07. The van der Waals surface area contributed by atoms with Gasteiger partial charge in [0.05, 0.1) is 0 Å². The van der Waals surface area contributed by atoms with E-state index in [-0.39, 0.29) is 0 Å². The van der Waals surface area contributed by atoms with Gasteiger partial charge in [-0.15, -0.1) is 22.7 Å². The van der Waals surface area contributed by atoms with Gasteiger partial charge in [-0.2, -0.15) is 0 Å². The molecule has 0 aliphatic rings. The van der Waals surface area contributed by atoms with Gasteiger partial charge in [0.2, 0.25) is 0 Å². The van der Waals surface area contributed by atoms with E-state index in [0.29, 0.717) is 6.04 Å². The predicted octanol–water partition coefficient (Wildman–Crippen LogP) is 4.25. The van der Waals surface area contributed by atoms with Crippen LogP contribution < -0.4 is 5.32 Å². The molecule has 110 valence electrons. The highest BCUT2D eigenvalue weighted by Gasteiger charge is 2.09. The Labute approximate surface area is 130 Å². The van der Waals surface area contributed by atoms with Gasteiger partial charge in [0.1, 0.15) is 0 Å². The summed E-state index contributed by atoms with van der Waals surface area (Å²) in [7, 11) is 2.20. The number of aryl methyl sites for hydroxylation is 1. The van der Waals surface area contributed by atoms with Crippen molar-refractivity contribution in [2.75, 3.05) is 7.05 Å². The van der Waals surface area contributed by atoms with Crippen LogP contribution in [0.25, 0.3) is 0 Å². The lowest BCUT2D eigenvalue weighted by Gasteiger charge is -2.15. The van der Waals surface area contributed by atoms with Gasteiger partial charge in [0, 0.05) is 40.3 Å². The molecular weight excluding hydrogens is 284 g/mol. The molecule has 2 nitrogen and oxygen atoms in total. The molecule has 4 heteroatoms. The fourth-order valence-electron chi connectivity index (χ4n) is 2.15. The Bertz CT molecular complexity index is 515. The third-order valence-corrected chi connectivity index (χ3v) is 5.16. The van der Waals surface area contributed by atoms with Crippen LogP contribution in [0, 0.1) is 6.92 Å². The van der Waals surface area contributed by atoms with E-state index in [1.165, 1.54) is 20.2 Å². The summed E-state index contributed by atoms with van der Waals surface area (Å²) in [4.78, 5) is 6.71. The Morgan fingerprint density at radius 2 is 2.05 bits per heavy atom. The van der Waals surface area contributed by atoms with Crippen LogP contribution in [0.5, 0.6) is 0 Å². The third kappa shape index (κ3) is 4.70. The first-order valence-corrected chi connectivity index (χ1v) is 8.76. The molecule has 0 saturated heterocycles. The second kappa shape index (κ2) is 7.36. The molecule has 0 amide bonds. The monoisotopic (exact) mass is 308 g/mol. The molecule has 2 rings (SSSR count). The van der Waals surface area contributed by atoms with Crippen LogP contribution in [-0.4, -0.2) is 18.0 Å². The van der Waals surface area contributed by atoms with E-state index in [4.69, 9.17) is 0 Å². The number of hydrogen-bond acceptors (Lipinski definition) is 4. The maximum atomic E-state index is 3.49. The third-order valence-electron chi connectivity index (χ3n) is 3.20. The molecular formula is C16H24N2S2. The normalized spacial score (nSPS) is 11.7. The second-order valence-corrected chi connectivity index (χ2v) is 7.95. The van der Waals surface area contributed by atoms with Gasteiger partial charge in [0.15, 0.2) is 0 Å². The van der Waals surface area contributed by atoms with E-state index >= 15 is 0 Å². The lowest BCUT2D eigenvalue weighted by atomic mass is 10.2. The van der Waals surface area contributed by atoms with Crippen molar-refractivity contribution in [1.29, 1.82) is 0 Å². The molecule has 2 heterocycles. The average Bonchev–Trinajstić information content (AvgIpc) is 2.98. The van der Waals surface area contributed by atoms with Gasteiger partial charge >= 0.3 is 0 Å². The molecule has 2 aromatic heterocycles. The number of rotatable bonds is 7. The topological polar surface area (TPSA) is 15.3 Å². The van der Waals surface area contributed by atoms with Gasteiger partial charge < -0.3 is 5.32 Å². The summed E-state index contributed by atoms with van der Waals surface area (Å²) >= 11 is 3.75. The van der Waals surface area contributed by atoms with Crippen LogP contribution in [-0.2, 0) is 19.6 Å². The van der Waals surface area contributed by atoms with Gasteiger partial charge in [0.25, 0.3) is 0 Å². The highest BCUT2D eigenvalue weighted by Crippen LogP contribution is 2.23. The van der Waals surface area contributed by atoms with Crippen LogP contribution in [0.1, 0.15) is 34.0 Å². The van der Waals surface area contributed by atoms with E-state index in [9.17, 15) is 0 Å². The highest BCUT2D eigenvalue weighted by atomic mass is 32.1. The van der Waals surface area contributed by atoms with Gasteiger partial charge in [-0.3, -0.25) is 4.90 Å². The van der Waals surface area contributed by atoms with Crippen molar-refractivity contribution >= 4 is 22.7 Å². The van der Waals surface area contributed by atoms with Gasteiger partial charge in [-0.25, -0.2) is 0 Å². The maximum Gasteiger partial charge on any atom is 0.0328 e. The largest absolute Gasteiger partial charge is 0.310 e. The zero-order valence-electron chi connectivity index (χ0n) is 12.8. The molecule has 0 aliphatic carbocycles. The minimum absolute atomic E-state index is 0.544. The lowest BCUT2D eigenvalue weighted by Crippen LogP contribution is -2.21. The molecule has 0 bridgehead atoms. The number of nitrogens with one attached hydrogen (secondary N) is 1. The number of thiophene rings is 2. The fraction of sp³-hybridized carbons (Fsp3) is 0.500. The zero-order chi connectivity index (χ0) is 14.5. The van der Waals surface area contributed by atoms with Crippen LogP contribution in [0.3, 0.4) is 0 Å². The number of hydrogen-bond donors (Lipinski definition) is 1. The summed E-state index contributed by atoms with van der Waals surface area (Å²) < 4.78 is 0. The van der Waals surface area contributed by atoms with Crippen molar-refractivity contribution in [2.45, 2.75) is 46.4 Å². The summed E-state index contributed by atoms with van der Waals surface area (Å²) in [5.74, 6) is 0. The molecule has 0 aromatic carbocycles. The summed E-state index contributed by atoms with van der Waals surface area (Å²) in [6, 6.07) is 7.24. The predicted molar refractivity (Wildman–Crippen MR) is 90.5 cm³/mol. The lowest BCUT2D eigenvalue weighted by molar-refractivity contribution is 0.322. The molecule has 0 saturated carbocycles. The van der Waals surface area contributed by atoms with Crippen molar-refractivity contribution in [3.8, 4) is 0 Å². The summed E-state index contributed by atoms with van der Waals surface area (Å²) in [5, 5.41) is 5.64. The second-order valence-electron chi connectivity index (χ2n) is 5.58. The first-order chi connectivity index (χ1) is 9.54. The molecule has 2 aromatic rings. The molecule has 0 aliphatic heterocycles. The maximum absolute atomic E-state index is 3.49. The molecule has 20 heavy (non-hydrogen) atoms. The van der Waals surface area contributed by atoms with Crippen molar-refractivity contribution in [1.82, 2.24) is 10.2 Å². The quantitative estimate of drug-likeness (QED) is 0.822. The minimum atomic E-state index is 0.544. The van der Waals surface area contributed by atoms with Crippen LogP contribution in [0.2, 0.25) is 0 Å². The Kier molecular flexibility index (Phi) is 5.78. The Morgan fingerprint density at radius 3 is 2.70 bits per heavy atom. The van der Waals surface area contributed by atoms with Crippen LogP contribution >= 0.6 is 22.7 Å². The van der Waals surface area contributed by atoms with E-state index in [1.807, 2.05) is 22.7 Å². The van der Waals surface area contributed by atoms with Crippen molar-refractivity contribution < 1.29 is 0 Å². The first kappa shape index (κ1) is 15.7. The summed E-state index contributed by atoms with van der Waals surface area (Å²) in [6.45, 7) is 9.66. The van der Waals surface area contributed by atoms with E-state index in [1.54, 1.807) is 0 Å². The molecule has 0 spiro atoms. The van der Waals surface area contributed by atoms with Crippen LogP contribution in [0.4, 0.5) is 0 Å². The molecule has 0 fully saturated rings. The van der Waals surface area contributed by atoms with Crippen molar-refractivity contribution in [3.05, 3.63) is 43.8 Å². The molecule has 1 N–H and O–H groups in total. The fourth-order valence-corrected chi connectivity index (χ4v) is 3.94. The highest BCUT2D eigenvalue weighted by molar-refractivity contribution is 7.12. The van der Waals surface area contributed by atoms with E-state index < -0.39 is 0 Å². The summed E-state index contributed by atoms with van der Waals surface area (Å²) in [5.41, 5.74) is 1.47. The number of nitrogens with zero attached hydrogens (tertiary/aromatic N) is 1. The average molecular weight is 309 g/mol. The zero-order valence-corrected chi connectivity index (χ0v) is 14.4. The Morgan fingerprint density at radius 1 is 1.25 bits per heavy atom. The van der Waals surface area contributed by atoms with Gasteiger partial charge in [-0.1, -0.05) is 19.9 Å². The SMILES string of the molecule is Cc1sc(CNC(C)C)cc1CN(C)Cc1cccs1. The molecule has 0 radical (unpaired) electrons. The molecule has 0 unspecified atom stereocenters. The summed E-state index contributed by atoms with van der Waals surface area (Å²) in [6.07, 6.45) is 0. The van der Waals surface area contributed by atoms with Crippen molar-refractivity contribution in [3.63, 3.8) is 0 Å². The standard InChI is InChI=1S/C16H24N2S2/c1-12(2)17-9-16-8-14(13(3)20-16)10-18(4)11-15-6-5-7-19-15/h5-8,12,17H,9-11H2,1-4H3. The van der Waals surface area contributed by atoms with Crippen LogP contribution in [0.15, 0.2) is 23.6 Å². The van der Waals surface area contributed by atoms with E-state index in [2.05, 4.69) is 61.6 Å². The van der Waals surface area contributed by atoms with Gasteiger partial charge in [-0.05, 0) is 37.0 Å². The van der Waals surface area contributed by atoms with Crippen molar-refractivity contribution in [2.24, 2.45) is 0 Å². The molecule has 0 atom stereocenters. The smallest absolute Gasteiger partial charge is 0.0328 e. The Hall–Kier alpha value is -0.680. The van der Waals surface area contributed by atoms with E-state index in [0.717, 1.165) is 19.6 Å².